The van der Waals surface area contributed by atoms with E-state index in [4.69, 9.17) is 14.2 Å². The highest BCUT2D eigenvalue weighted by Crippen LogP contribution is 2.58. The van der Waals surface area contributed by atoms with Gasteiger partial charge in [0.1, 0.15) is 25.0 Å². The molecule has 3 atom stereocenters. The number of nitro groups is 2. The number of carbonyl (C=O) groups excluding carboxylic acids is 3. The van der Waals surface area contributed by atoms with Crippen LogP contribution in [0.1, 0.15) is 31.9 Å². The van der Waals surface area contributed by atoms with Gasteiger partial charge in [-0.3, -0.25) is 25.0 Å². The number of benzene rings is 2. The summed E-state index contributed by atoms with van der Waals surface area (Å²) in [5.41, 5.74) is -0.0107. The number of thioether (sulfide) groups is 1. The van der Waals surface area contributed by atoms with Crippen LogP contribution in [0.5, 0.6) is 0 Å². The van der Waals surface area contributed by atoms with Gasteiger partial charge in [0.05, 0.1) is 21.8 Å². The summed E-state index contributed by atoms with van der Waals surface area (Å²) in [6.45, 7) is 4.86. The van der Waals surface area contributed by atoms with Crippen molar-refractivity contribution in [2.45, 2.75) is 51.3 Å². The molecule has 0 spiro atoms. The summed E-state index contributed by atoms with van der Waals surface area (Å²) < 4.78 is 16.2. The van der Waals surface area contributed by atoms with Crippen molar-refractivity contribution in [3.05, 3.63) is 109 Å². The maximum atomic E-state index is 13.6. The third-order valence-corrected chi connectivity index (χ3v) is 8.98. The summed E-state index contributed by atoms with van der Waals surface area (Å²) in [6.07, 6.45) is 1.12. The predicted molar refractivity (Wildman–Crippen MR) is 160 cm³/mol. The number of aromatic nitrogens is 2. The number of rotatable bonds is 11. The SMILES string of the molecule is CC(OC(=O)OCc1ccc([N+](=O)[O-])cc1)C1C(=O)N2C(C(=O)OCc3ccc([N+](=O)[O-])cc3)=C(Sc3ncccn3)C(C)(C)C12. The van der Waals surface area contributed by atoms with Gasteiger partial charge >= 0.3 is 12.1 Å². The van der Waals surface area contributed by atoms with Gasteiger partial charge in [0, 0.05) is 47.0 Å². The van der Waals surface area contributed by atoms with E-state index in [0.29, 0.717) is 21.2 Å². The van der Waals surface area contributed by atoms with E-state index >= 15 is 0 Å². The second-order valence-electron chi connectivity index (χ2n) is 11.0. The Kier molecular flexibility index (Phi) is 9.00. The van der Waals surface area contributed by atoms with Crippen molar-refractivity contribution >= 4 is 41.2 Å². The number of hydrogen-bond acceptors (Lipinski definition) is 13. The Hall–Kier alpha value is -5.38. The Labute approximate surface area is 265 Å². The normalized spacial score (nSPS) is 18.7. The fraction of sp³-hybridized carbons (Fsp3) is 0.300. The molecule has 46 heavy (non-hydrogen) atoms. The van der Waals surface area contributed by atoms with Crippen molar-refractivity contribution in [3.63, 3.8) is 0 Å². The monoisotopic (exact) mass is 649 g/mol. The molecule has 3 aromatic rings. The van der Waals surface area contributed by atoms with Gasteiger partial charge in [-0.15, -0.1) is 0 Å². The fourth-order valence-electron chi connectivity index (χ4n) is 5.39. The number of β-lactam (4-membered cyclic amide) rings is 1. The lowest BCUT2D eigenvalue weighted by molar-refractivity contribution is -0.385. The van der Waals surface area contributed by atoms with Crippen LogP contribution >= 0.6 is 11.8 Å². The van der Waals surface area contributed by atoms with Crippen molar-refractivity contribution in [1.29, 1.82) is 0 Å². The number of nitro benzene ring substituents is 2. The second kappa shape index (κ2) is 12.9. The van der Waals surface area contributed by atoms with E-state index < -0.39 is 51.4 Å². The van der Waals surface area contributed by atoms with E-state index in [2.05, 4.69) is 9.97 Å². The minimum atomic E-state index is -1.03. The first-order valence-corrected chi connectivity index (χ1v) is 14.7. The highest BCUT2D eigenvalue weighted by molar-refractivity contribution is 8.03. The molecule has 2 aromatic carbocycles. The zero-order valence-electron chi connectivity index (χ0n) is 24.7. The lowest BCUT2D eigenvalue weighted by Gasteiger charge is -2.50. The Balaban J connectivity index is 1.31. The first kappa shape index (κ1) is 32.0. The molecule has 1 saturated heterocycles. The van der Waals surface area contributed by atoms with Gasteiger partial charge in [-0.05, 0) is 48.4 Å². The molecule has 5 rings (SSSR count). The van der Waals surface area contributed by atoms with E-state index in [1.165, 1.54) is 53.4 Å². The van der Waals surface area contributed by atoms with Crippen LogP contribution in [-0.4, -0.2) is 54.9 Å². The molecule has 3 heterocycles. The number of amides is 1. The van der Waals surface area contributed by atoms with Crippen LogP contribution in [0.25, 0.3) is 0 Å². The Morgan fingerprint density at radius 2 is 1.46 bits per heavy atom. The Bertz CT molecular complexity index is 1710. The summed E-state index contributed by atoms with van der Waals surface area (Å²) in [5, 5.41) is 22.2. The van der Waals surface area contributed by atoms with Crippen LogP contribution < -0.4 is 0 Å². The molecule has 2 aliphatic rings. The molecule has 0 radical (unpaired) electrons. The summed E-state index contributed by atoms with van der Waals surface area (Å²) in [6, 6.07) is 12.1. The zero-order valence-corrected chi connectivity index (χ0v) is 25.5. The van der Waals surface area contributed by atoms with Crippen LogP contribution in [-0.2, 0) is 37.0 Å². The molecule has 2 aliphatic heterocycles. The van der Waals surface area contributed by atoms with Gasteiger partial charge in [-0.25, -0.2) is 19.6 Å². The van der Waals surface area contributed by atoms with Crippen molar-refractivity contribution < 1.29 is 38.4 Å². The maximum Gasteiger partial charge on any atom is 0.508 e. The van der Waals surface area contributed by atoms with Gasteiger partial charge in [-0.2, -0.15) is 0 Å². The number of hydrogen-bond donors (Lipinski definition) is 0. The Morgan fingerprint density at radius 1 is 0.935 bits per heavy atom. The number of nitrogens with zero attached hydrogens (tertiary/aromatic N) is 5. The minimum Gasteiger partial charge on any atom is -0.456 e. The number of fused-ring (bicyclic) bond motifs is 1. The molecule has 1 amide bonds. The number of ether oxygens (including phenoxy) is 3. The molecular formula is C30H27N5O10S. The minimum absolute atomic E-state index is 0.0172. The molecule has 16 heteroatoms. The molecule has 1 fully saturated rings. The lowest BCUT2D eigenvalue weighted by atomic mass is 9.71. The zero-order chi connectivity index (χ0) is 33.2. The van der Waals surface area contributed by atoms with Gasteiger partial charge in [0.15, 0.2) is 5.16 Å². The second-order valence-corrected chi connectivity index (χ2v) is 12.0. The average molecular weight is 650 g/mol. The quantitative estimate of drug-likeness (QED) is 0.0891. The molecule has 15 nitrogen and oxygen atoms in total. The smallest absolute Gasteiger partial charge is 0.456 e. The molecule has 3 unspecified atom stereocenters. The van der Waals surface area contributed by atoms with Crippen molar-refractivity contribution in [2.75, 3.05) is 0 Å². The van der Waals surface area contributed by atoms with E-state index in [1.807, 2.05) is 13.8 Å². The fourth-order valence-corrected chi connectivity index (χ4v) is 6.46. The van der Waals surface area contributed by atoms with Crippen molar-refractivity contribution in [3.8, 4) is 0 Å². The highest BCUT2D eigenvalue weighted by atomic mass is 32.2. The number of non-ortho nitro benzene ring substituents is 2. The van der Waals surface area contributed by atoms with Gasteiger partial charge < -0.3 is 19.1 Å². The average Bonchev–Trinajstić information content (AvgIpc) is 3.22. The molecule has 0 N–H and O–H groups in total. The summed E-state index contributed by atoms with van der Waals surface area (Å²) in [7, 11) is 0. The van der Waals surface area contributed by atoms with Crippen LogP contribution in [0.15, 0.2) is 82.7 Å². The van der Waals surface area contributed by atoms with E-state index in [9.17, 15) is 34.6 Å². The lowest BCUT2D eigenvalue weighted by Crippen LogP contribution is -2.66. The number of esters is 1. The third kappa shape index (κ3) is 6.37. The Morgan fingerprint density at radius 3 is 1.98 bits per heavy atom. The van der Waals surface area contributed by atoms with E-state index in [-0.39, 0.29) is 30.3 Å². The standard InChI is InChI=1S/C30H27N5O10S/c1-17(45-29(38)44-16-19-7-11-21(12-8-19)35(41)42)22-24-30(2,3)25(46-28-31-13-4-14-32-28)23(33(24)26(22)36)27(37)43-15-18-5-9-20(10-6-18)34(39)40/h4-14,17,22,24H,15-16H2,1-3H3. The van der Waals surface area contributed by atoms with Gasteiger partial charge in [-0.1, -0.05) is 25.6 Å². The summed E-state index contributed by atoms with van der Waals surface area (Å²) in [4.78, 5) is 70.8. The van der Waals surface area contributed by atoms with E-state index in [1.54, 1.807) is 25.4 Å². The topological polar surface area (TPSA) is 194 Å². The van der Waals surface area contributed by atoms with Gasteiger partial charge in [0.2, 0.25) is 5.91 Å². The van der Waals surface area contributed by atoms with E-state index in [0.717, 1.165) is 11.8 Å². The maximum absolute atomic E-state index is 13.6. The molecule has 1 aromatic heterocycles. The molecule has 238 valence electrons. The van der Waals surface area contributed by atoms with Crippen molar-refractivity contribution in [1.82, 2.24) is 14.9 Å². The largest absolute Gasteiger partial charge is 0.508 e. The van der Waals surface area contributed by atoms with Crippen LogP contribution in [0, 0.1) is 31.6 Å². The molecule has 0 aliphatic carbocycles. The van der Waals surface area contributed by atoms with Gasteiger partial charge in [0.25, 0.3) is 11.4 Å². The first-order chi connectivity index (χ1) is 21.9. The molecular weight excluding hydrogens is 622 g/mol. The predicted octanol–water partition coefficient (Wildman–Crippen LogP) is 4.95. The summed E-state index contributed by atoms with van der Waals surface area (Å²) in [5.74, 6) is -2.06. The van der Waals surface area contributed by atoms with Crippen LogP contribution in [0.3, 0.4) is 0 Å². The highest BCUT2D eigenvalue weighted by Gasteiger charge is 2.65. The number of carbonyl (C=O) groups is 3. The molecule has 0 bridgehead atoms. The van der Waals surface area contributed by atoms with Crippen LogP contribution in [0.4, 0.5) is 16.2 Å². The van der Waals surface area contributed by atoms with Crippen LogP contribution in [0.2, 0.25) is 0 Å². The third-order valence-electron chi connectivity index (χ3n) is 7.66. The summed E-state index contributed by atoms with van der Waals surface area (Å²) >= 11 is 1.12. The first-order valence-electron chi connectivity index (χ1n) is 13.9. The molecule has 0 saturated carbocycles. The van der Waals surface area contributed by atoms with Crippen molar-refractivity contribution in [2.24, 2.45) is 11.3 Å².